The minimum atomic E-state index is -2.62. The van der Waals surface area contributed by atoms with E-state index in [2.05, 4.69) is 4.81 Å². The monoisotopic (exact) mass is 216 g/mol. The third-order valence-electron chi connectivity index (χ3n) is 1.09. The second-order valence-electron chi connectivity index (χ2n) is 2.11. The first-order valence-electron chi connectivity index (χ1n) is 3.53. The summed E-state index contributed by atoms with van der Waals surface area (Å²) in [6.45, 7) is 0. The summed E-state index contributed by atoms with van der Waals surface area (Å²) in [6, 6.07) is 0. The Hall–Kier alpha value is 0.215. The third kappa shape index (κ3) is 33.0. The number of rotatable bonds is 1. The molecule has 0 atom stereocenters. The highest BCUT2D eigenvalue weighted by molar-refractivity contribution is 7.38. The Labute approximate surface area is 77.3 Å². The van der Waals surface area contributed by atoms with Crippen LogP contribution in [0.25, 0.3) is 0 Å². The highest BCUT2D eigenvalue weighted by Gasteiger charge is 2.03. The fourth-order valence-corrected chi connectivity index (χ4v) is 0.250. The van der Waals surface area contributed by atoms with Crippen LogP contribution in [0.5, 0.6) is 0 Å². The summed E-state index contributed by atoms with van der Waals surface area (Å²) in [5.41, 5.74) is 0. The molecule has 0 radical (unpaired) electrons. The lowest BCUT2D eigenvalue weighted by atomic mass is 10.0. The SMILES string of the molecule is C1CCC1.OOB(O)O.OP(O)O. The van der Waals surface area contributed by atoms with E-state index in [0.717, 1.165) is 0 Å². The van der Waals surface area contributed by atoms with Gasteiger partial charge in [-0.2, -0.15) is 0 Å². The summed E-state index contributed by atoms with van der Waals surface area (Å²) in [5, 5.41) is 22.0. The Morgan fingerprint density at radius 3 is 1.08 bits per heavy atom. The molecule has 1 rings (SSSR count). The van der Waals surface area contributed by atoms with Gasteiger partial charge in [0.15, 0.2) is 0 Å². The second kappa shape index (κ2) is 12.2. The highest BCUT2D eigenvalue weighted by atomic mass is 31.2. The number of hydrogen-bond donors (Lipinski definition) is 6. The van der Waals surface area contributed by atoms with Crippen LogP contribution in [0, 0.1) is 0 Å². The van der Waals surface area contributed by atoms with Gasteiger partial charge in [0.05, 0.1) is 0 Å². The summed E-state index contributed by atoms with van der Waals surface area (Å²) in [5.74, 6) is 0. The van der Waals surface area contributed by atoms with E-state index in [1.165, 1.54) is 25.7 Å². The highest BCUT2D eigenvalue weighted by Crippen LogP contribution is 2.15. The molecule has 1 fully saturated rings. The van der Waals surface area contributed by atoms with Crippen LogP contribution in [0.15, 0.2) is 0 Å². The standard InChI is InChI=1S/C4H8.BH3O4.H3O3P/c1-2-4-3-1;2-1(3)5-4;1-4(2)3/h1-4H2;2-4H;1-3H. The molecular formula is C4H14BO7P. The lowest BCUT2D eigenvalue weighted by Crippen LogP contribution is -2.13. The summed E-state index contributed by atoms with van der Waals surface area (Å²) in [6.07, 6.45) is 6.00. The normalized spacial score (nSPS) is 13.2. The topological polar surface area (TPSA) is 131 Å². The van der Waals surface area contributed by atoms with Crippen molar-refractivity contribution in [3.05, 3.63) is 0 Å². The zero-order chi connectivity index (χ0) is 10.7. The summed E-state index contributed by atoms with van der Waals surface area (Å²) in [4.78, 5) is 24.6. The van der Waals surface area contributed by atoms with Crippen LogP contribution in [0.2, 0.25) is 0 Å². The predicted octanol–water partition coefficient (Wildman–Crippen LogP) is -0.804. The largest absolute Gasteiger partial charge is 0.662 e. The molecule has 1 aliphatic rings. The van der Waals surface area contributed by atoms with Gasteiger partial charge in [-0.1, -0.05) is 25.7 Å². The van der Waals surface area contributed by atoms with Crippen molar-refractivity contribution >= 4 is 15.9 Å². The molecule has 80 valence electrons. The Morgan fingerprint density at radius 2 is 1.08 bits per heavy atom. The van der Waals surface area contributed by atoms with Crippen molar-refractivity contribution < 1.29 is 34.8 Å². The van der Waals surface area contributed by atoms with Crippen molar-refractivity contribution in [1.29, 1.82) is 0 Å². The molecule has 0 aromatic carbocycles. The molecule has 0 aromatic rings. The first-order valence-corrected chi connectivity index (χ1v) is 4.73. The maximum absolute atomic E-state index is 7.44. The second-order valence-corrected chi connectivity index (χ2v) is 2.65. The smallest absolute Gasteiger partial charge is 0.400 e. The van der Waals surface area contributed by atoms with E-state index in [1.54, 1.807) is 0 Å². The van der Waals surface area contributed by atoms with Crippen LogP contribution in [0.3, 0.4) is 0 Å². The van der Waals surface area contributed by atoms with E-state index in [9.17, 15) is 0 Å². The van der Waals surface area contributed by atoms with Crippen molar-refractivity contribution in [3.8, 4) is 0 Å². The number of hydrogen-bond acceptors (Lipinski definition) is 7. The van der Waals surface area contributed by atoms with Crippen LogP contribution in [0.4, 0.5) is 0 Å². The molecule has 13 heavy (non-hydrogen) atoms. The van der Waals surface area contributed by atoms with E-state index >= 15 is 0 Å². The summed E-state index contributed by atoms with van der Waals surface area (Å²) in [7, 11) is -4.68. The van der Waals surface area contributed by atoms with Gasteiger partial charge in [-0.3, -0.25) is 5.26 Å². The molecule has 0 aromatic heterocycles. The quantitative estimate of drug-likeness (QED) is 0.146. The zero-order valence-corrected chi connectivity index (χ0v) is 7.84. The molecule has 0 heterocycles. The first-order chi connectivity index (χ1) is 6.00. The van der Waals surface area contributed by atoms with Crippen LogP contribution >= 0.6 is 8.60 Å². The van der Waals surface area contributed by atoms with Crippen molar-refractivity contribution in [2.75, 3.05) is 0 Å². The van der Waals surface area contributed by atoms with Gasteiger partial charge >= 0.3 is 15.9 Å². The molecule has 0 aliphatic heterocycles. The Morgan fingerprint density at radius 1 is 0.923 bits per heavy atom. The molecule has 0 spiro atoms. The van der Waals surface area contributed by atoms with E-state index in [-0.39, 0.29) is 0 Å². The Balaban J connectivity index is 0. The predicted molar refractivity (Wildman–Crippen MR) is 45.9 cm³/mol. The van der Waals surface area contributed by atoms with Crippen LogP contribution < -0.4 is 0 Å². The minimum absolute atomic E-state index is 1.50. The van der Waals surface area contributed by atoms with Crippen LogP contribution in [-0.2, 0) is 4.81 Å². The van der Waals surface area contributed by atoms with Crippen LogP contribution in [-0.4, -0.2) is 37.3 Å². The molecule has 9 heteroatoms. The van der Waals surface area contributed by atoms with Gasteiger partial charge in [0.25, 0.3) is 0 Å². The van der Waals surface area contributed by atoms with Gasteiger partial charge in [-0.15, -0.1) is 0 Å². The van der Waals surface area contributed by atoms with E-state index < -0.39 is 15.9 Å². The summed E-state index contributed by atoms with van der Waals surface area (Å²) < 4.78 is 0. The molecule has 6 N–H and O–H groups in total. The maximum Gasteiger partial charge on any atom is 0.662 e. The minimum Gasteiger partial charge on any atom is -0.400 e. The molecule has 1 saturated carbocycles. The van der Waals surface area contributed by atoms with E-state index in [1.807, 2.05) is 0 Å². The van der Waals surface area contributed by atoms with Gasteiger partial charge in [0, 0.05) is 0 Å². The first kappa shape index (κ1) is 15.7. The molecule has 0 unspecified atom stereocenters. The van der Waals surface area contributed by atoms with Gasteiger partial charge in [-0.05, 0) is 0 Å². The van der Waals surface area contributed by atoms with Crippen molar-refractivity contribution in [3.63, 3.8) is 0 Å². The zero-order valence-electron chi connectivity index (χ0n) is 6.94. The Bertz CT molecular complexity index is 81.8. The maximum atomic E-state index is 7.44. The van der Waals surface area contributed by atoms with E-state index in [4.69, 9.17) is 30.0 Å². The van der Waals surface area contributed by atoms with Gasteiger partial charge < -0.3 is 24.7 Å². The molecule has 0 saturated heterocycles. The lowest BCUT2D eigenvalue weighted by molar-refractivity contribution is -0.173. The van der Waals surface area contributed by atoms with Gasteiger partial charge in [-0.25, -0.2) is 4.81 Å². The van der Waals surface area contributed by atoms with Crippen LogP contribution in [0.1, 0.15) is 25.7 Å². The van der Waals surface area contributed by atoms with Crippen molar-refractivity contribution in [2.24, 2.45) is 0 Å². The molecular weight excluding hydrogens is 202 g/mol. The van der Waals surface area contributed by atoms with Gasteiger partial charge in [0.1, 0.15) is 0 Å². The molecule has 7 nitrogen and oxygen atoms in total. The fraction of sp³-hybridized carbons (Fsp3) is 1.00. The van der Waals surface area contributed by atoms with Gasteiger partial charge in [0.2, 0.25) is 0 Å². The van der Waals surface area contributed by atoms with E-state index in [0.29, 0.717) is 0 Å². The lowest BCUT2D eigenvalue weighted by Gasteiger charge is -2.05. The fourth-order valence-electron chi connectivity index (χ4n) is 0.250. The average Bonchev–Trinajstić information content (AvgIpc) is 1.82. The summed E-state index contributed by atoms with van der Waals surface area (Å²) >= 11 is 0. The molecule has 0 bridgehead atoms. The van der Waals surface area contributed by atoms with Crippen molar-refractivity contribution in [1.82, 2.24) is 0 Å². The molecule has 0 amide bonds. The average molecular weight is 216 g/mol. The van der Waals surface area contributed by atoms with Crippen molar-refractivity contribution in [2.45, 2.75) is 25.7 Å². The third-order valence-corrected chi connectivity index (χ3v) is 1.09. The Kier molecular flexibility index (Phi) is 14.7. The molecule has 1 aliphatic carbocycles.